The van der Waals surface area contributed by atoms with Crippen molar-refractivity contribution in [3.63, 3.8) is 0 Å². The van der Waals surface area contributed by atoms with Crippen molar-refractivity contribution in [3.05, 3.63) is 29.8 Å². The Kier molecular flexibility index (Phi) is 6.77. The summed E-state index contributed by atoms with van der Waals surface area (Å²) < 4.78 is 0. The number of carbonyl (C=O) groups excluding carboxylic acids is 4. The molecule has 3 N–H and O–H groups in total. The number of anilines is 1. The molecule has 0 spiro atoms. The summed E-state index contributed by atoms with van der Waals surface area (Å²) in [5.41, 5.74) is 0.613. The highest BCUT2D eigenvalue weighted by Crippen LogP contribution is 2.24. The predicted octanol–water partition coefficient (Wildman–Crippen LogP) is 2.32. The molecule has 0 aromatic heterocycles. The Morgan fingerprint density at radius 3 is 2.18 bits per heavy atom. The molecular formula is C20H28N4O4. The number of nitrogens with one attached hydrogen (secondary N) is 3. The Morgan fingerprint density at radius 2 is 1.68 bits per heavy atom. The van der Waals surface area contributed by atoms with Gasteiger partial charge in [0.1, 0.15) is 12.1 Å². The molecule has 0 aliphatic carbocycles. The number of hydrogen-bond donors (Lipinski definition) is 3. The molecule has 0 saturated carbocycles. The number of rotatable bonds is 8. The zero-order valence-corrected chi connectivity index (χ0v) is 16.8. The van der Waals surface area contributed by atoms with Crippen LogP contribution in [0.15, 0.2) is 24.3 Å². The van der Waals surface area contributed by atoms with Crippen molar-refractivity contribution in [1.82, 2.24) is 15.5 Å². The van der Waals surface area contributed by atoms with Gasteiger partial charge in [-0.1, -0.05) is 32.9 Å². The molecule has 8 heteroatoms. The molecule has 1 atom stereocenters. The fourth-order valence-corrected chi connectivity index (χ4v) is 3.17. The van der Waals surface area contributed by atoms with Crippen LogP contribution in [-0.2, 0) is 14.4 Å². The third-order valence-corrected chi connectivity index (χ3v) is 5.15. The SMILES string of the molecule is CCC(=O)Nc1ccc(C(C)NC(=O)CN2C(=O)NC(CC)(CC)C2=O)cc1. The van der Waals surface area contributed by atoms with E-state index in [-0.39, 0.29) is 24.4 Å². The van der Waals surface area contributed by atoms with Crippen LogP contribution in [0.5, 0.6) is 0 Å². The van der Waals surface area contributed by atoms with Crippen molar-refractivity contribution < 1.29 is 19.2 Å². The second-order valence-electron chi connectivity index (χ2n) is 6.92. The van der Waals surface area contributed by atoms with E-state index in [1.807, 2.05) is 32.9 Å². The molecule has 1 fully saturated rings. The van der Waals surface area contributed by atoms with Crippen LogP contribution >= 0.6 is 0 Å². The van der Waals surface area contributed by atoms with E-state index in [4.69, 9.17) is 0 Å². The van der Waals surface area contributed by atoms with Crippen LogP contribution in [0.25, 0.3) is 0 Å². The highest BCUT2D eigenvalue weighted by molar-refractivity contribution is 6.09. The van der Waals surface area contributed by atoms with Gasteiger partial charge in [-0.25, -0.2) is 4.79 Å². The average molecular weight is 388 g/mol. The van der Waals surface area contributed by atoms with E-state index < -0.39 is 17.5 Å². The van der Waals surface area contributed by atoms with Gasteiger partial charge in [0.2, 0.25) is 11.8 Å². The van der Waals surface area contributed by atoms with E-state index in [1.54, 1.807) is 19.1 Å². The first-order valence-electron chi connectivity index (χ1n) is 9.59. The summed E-state index contributed by atoms with van der Waals surface area (Å²) in [5, 5.41) is 8.27. The smallest absolute Gasteiger partial charge is 0.325 e. The fraction of sp³-hybridized carbons (Fsp3) is 0.500. The summed E-state index contributed by atoms with van der Waals surface area (Å²) in [5.74, 6) is -0.846. The van der Waals surface area contributed by atoms with Gasteiger partial charge in [0.15, 0.2) is 0 Å². The Bertz CT molecular complexity index is 756. The summed E-state index contributed by atoms with van der Waals surface area (Å²) in [7, 11) is 0. The lowest BCUT2D eigenvalue weighted by Crippen LogP contribution is -2.46. The number of nitrogens with zero attached hydrogens (tertiary/aromatic N) is 1. The maximum absolute atomic E-state index is 12.6. The monoisotopic (exact) mass is 388 g/mol. The summed E-state index contributed by atoms with van der Waals surface area (Å²) >= 11 is 0. The summed E-state index contributed by atoms with van der Waals surface area (Å²) in [6.45, 7) is 6.94. The van der Waals surface area contributed by atoms with E-state index in [0.29, 0.717) is 24.9 Å². The summed E-state index contributed by atoms with van der Waals surface area (Å²) in [6, 6.07) is 6.30. The van der Waals surface area contributed by atoms with E-state index in [1.165, 1.54) is 0 Å². The molecule has 152 valence electrons. The summed E-state index contributed by atoms with van der Waals surface area (Å²) in [4.78, 5) is 49.5. The maximum Gasteiger partial charge on any atom is 0.325 e. The normalized spacial score (nSPS) is 16.5. The Hall–Kier alpha value is -2.90. The average Bonchev–Trinajstić information content (AvgIpc) is 2.92. The predicted molar refractivity (Wildman–Crippen MR) is 105 cm³/mol. The second kappa shape index (κ2) is 8.86. The van der Waals surface area contributed by atoms with Crippen molar-refractivity contribution in [1.29, 1.82) is 0 Å². The van der Waals surface area contributed by atoms with Crippen molar-refractivity contribution in [3.8, 4) is 0 Å². The molecular weight excluding hydrogens is 360 g/mol. The van der Waals surface area contributed by atoms with Crippen molar-refractivity contribution in [2.75, 3.05) is 11.9 Å². The molecule has 1 aromatic carbocycles. The number of carbonyl (C=O) groups is 4. The van der Waals surface area contributed by atoms with Crippen LogP contribution in [0.2, 0.25) is 0 Å². The largest absolute Gasteiger partial charge is 0.348 e. The van der Waals surface area contributed by atoms with E-state index in [0.717, 1.165) is 10.5 Å². The van der Waals surface area contributed by atoms with Crippen LogP contribution in [0.3, 0.4) is 0 Å². The Morgan fingerprint density at radius 1 is 1.07 bits per heavy atom. The Balaban J connectivity index is 1.96. The lowest BCUT2D eigenvalue weighted by atomic mass is 9.93. The minimum absolute atomic E-state index is 0.0714. The van der Waals surface area contributed by atoms with Gasteiger partial charge >= 0.3 is 6.03 Å². The van der Waals surface area contributed by atoms with E-state index >= 15 is 0 Å². The molecule has 1 heterocycles. The lowest BCUT2D eigenvalue weighted by molar-refractivity contribution is -0.135. The molecule has 1 unspecified atom stereocenters. The van der Waals surface area contributed by atoms with Crippen molar-refractivity contribution in [2.24, 2.45) is 0 Å². The van der Waals surface area contributed by atoms with Gasteiger partial charge in [0.25, 0.3) is 5.91 Å². The lowest BCUT2D eigenvalue weighted by Gasteiger charge is -2.23. The van der Waals surface area contributed by atoms with Gasteiger partial charge in [0, 0.05) is 12.1 Å². The quantitative estimate of drug-likeness (QED) is 0.594. The minimum atomic E-state index is -0.915. The van der Waals surface area contributed by atoms with Crippen LogP contribution in [0.1, 0.15) is 58.6 Å². The highest BCUT2D eigenvalue weighted by atomic mass is 16.2. The molecule has 28 heavy (non-hydrogen) atoms. The molecule has 1 aromatic rings. The van der Waals surface area contributed by atoms with Gasteiger partial charge in [-0.2, -0.15) is 0 Å². The molecule has 5 amide bonds. The van der Waals surface area contributed by atoms with Crippen LogP contribution in [0.4, 0.5) is 10.5 Å². The third-order valence-electron chi connectivity index (χ3n) is 5.15. The van der Waals surface area contributed by atoms with Gasteiger partial charge in [-0.15, -0.1) is 0 Å². The maximum atomic E-state index is 12.6. The molecule has 1 aliphatic rings. The van der Waals surface area contributed by atoms with Crippen LogP contribution in [0, 0.1) is 0 Å². The van der Waals surface area contributed by atoms with Gasteiger partial charge < -0.3 is 16.0 Å². The van der Waals surface area contributed by atoms with Crippen molar-refractivity contribution in [2.45, 2.75) is 58.5 Å². The van der Waals surface area contributed by atoms with Crippen molar-refractivity contribution >= 4 is 29.4 Å². The molecule has 8 nitrogen and oxygen atoms in total. The zero-order chi connectivity index (χ0) is 20.9. The van der Waals surface area contributed by atoms with E-state index in [9.17, 15) is 19.2 Å². The number of imide groups is 1. The molecule has 0 radical (unpaired) electrons. The van der Waals surface area contributed by atoms with Gasteiger partial charge in [-0.05, 0) is 37.5 Å². The molecule has 1 aliphatic heterocycles. The second-order valence-corrected chi connectivity index (χ2v) is 6.92. The topological polar surface area (TPSA) is 108 Å². The number of benzene rings is 1. The summed E-state index contributed by atoms with van der Waals surface area (Å²) in [6.07, 6.45) is 1.35. The van der Waals surface area contributed by atoms with Crippen LogP contribution < -0.4 is 16.0 Å². The van der Waals surface area contributed by atoms with Gasteiger partial charge in [0.05, 0.1) is 6.04 Å². The third kappa shape index (κ3) is 4.49. The minimum Gasteiger partial charge on any atom is -0.348 e. The number of urea groups is 1. The molecule has 0 bridgehead atoms. The molecule has 2 rings (SSSR count). The number of amides is 5. The first-order valence-corrected chi connectivity index (χ1v) is 9.59. The van der Waals surface area contributed by atoms with Crippen LogP contribution in [-0.4, -0.2) is 40.7 Å². The van der Waals surface area contributed by atoms with E-state index in [2.05, 4.69) is 16.0 Å². The first kappa shape index (κ1) is 21.4. The highest BCUT2D eigenvalue weighted by Gasteiger charge is 2.49. The Labute approximate surface area is 165 Å². The fourth-order valence-electron chi connectivity index (χ4n) is 3.17. The van der Waals surface area contributed by atoms with Gasteiger partial charge in [-0.3, -0.25) is 19.3 Å². The first-order chi connectivity index (χ1) is 13.3. The standard InChI is InChI=1S/C20H28N4O4/c1-5-16(25)22-15-10-8-14(9-11-15)13(4)21-17(26)12-24-18(27)20(6-2,7-3)23-19(24)28/h8-11,13H,5-7,12H2,1-4H3,(H,21,26)(H,22,25)(H,23,28). The number of hydrogen-bond acceptors (Lipinski definition) is 4. The molecule has 1 saturated heterocycles. The zero-order valence-electron chi connectivity index (χ0n) is 16.8.